The number of thioether (sulfide) groups is 1. The van der Waals surface area contributed by atoms with E-state index in [0.29, 0.717) is 16.6 Å². The number of aryl methyl sites for hydroxylation is 1. The molecule has 0 saturated heterocycles. The molecule has 158 valence electrons. The summed E-state index contributed by atoms with van der Waals surface area (Å²) in [5.41, 5.74) is 2.08. The smallest absolute Gasteiger partial charge is 0.257 e. The standard InChI is InChI=1S/C22H19FN4O3S/c1-12-3-2-4-15(9-12)24-20(29)16-10-17(28)25-19-18(16)21(30)27-22(26-19)31-11-13-5-7-14(23)8-6-13/h2-9,16H,10-11H2,1H3,(H,24,29)(H2,25,26,27,28,30)/t16-/m0/s1. The fraction of sp³-hybridized carbons (Fsp3) is 0.182. The van der Waals surface area contributed by atoms with E-state index in [4.69, 9.17) is 0 Å². The van der Waals surface area contributed by atoms with Gasteiger partial charge in [0.2, 0.25) is 11.8 Å². The van der Waals surface area contributed by atoms with E-state index < -0.39 is 17.4 Å². The van der Waals surface area contributed by atoms with Crippen LogP contribution in [0.15, 0.2) is 58.5 Å². The van der Waals surface area contributed by atoms with E-state index in [1.807, 2.05) is 19.1 Å². The Kier molecular flexibility index (Phi) is 5.85. The number of aromatic nitrogens is 2. The average molecular weight is 438 g/mol. The molecule has 1 aromatic heterocycles. The highest BCUT2D eigenvalue weighted by Crippen LogP contribution is 2.31. The maximum atomic E-state index is 13.0. The highest BCUT2D eigenvalue weighted by Gasteiger charge is 2.34. The highest BCUT2D eigenvalue weighted by molar-refractivity contribution is 7.98. The molecule has 2 heterocycles. The van der Waals surface area contributed by atoms with Crippen molar-refractivity contribution in [2.45, 2.75) is 30.2 Å². The van der Waals surface area contributed by atoms with Gasteiger partial charge in [-0.1, -0.05) is 36.0 Å². The Morgan fingerprint density at radius 1 is 1.23 bits per heavy atom. The lowest BCUT2D eigenvalue weighted by molar-refractivity contribution is -0.123. The Morgan fingerprint density at radius 3 is 2.74 bits per heavy atom. The van der Waals surface area contributed by atoms with Gasteiger partial charge in [-0.25, -0.2) is 9.37 Å². The molecule has 1 atom stereocenters. The number of rotatable bonds is 5. The minimum atomic E-state index is -0.948. The average Bonchev–Trinajstić information content (AvgIpc) is 2.72. The predicted molar refractivity (Wildman–Crippen MR) is 117 cm³/mol. The number of amides is 2. The van der Waals surface area contributed by atoms with Crippen LogP contribution in [0.1, 0.15) is 29.0 Å². The lowest BCUT2D eigenvalue weighted by Gasteiger charge is -2.23. The molecule has 0 radical (unpaired) electrons. The summed E-state index contributed by atoms with van der Waals surface area (Å²) >= 11 is 1.24. The molecule has 0 aliphatic carbocycles. The fourth-order valence-electron chi connectivity index (χ4n) is 3.33. The molecule has 1 aliphatic rings. The van der Waals surface area contributed by atoms with Crippen LogP contribution in [0.25, 0.3) is 0 Å². The fourth-order valence-corrected chi connectivity index (χ4v) is 4.14. The van der Waals surface area contributed by atoms with Gasteiger partial charge < -0.3 is 15.6 Å². The molecular weight excluding hydrogens is 419 g/mol. The van der Waals surface area contributed by atoms with Crippen LogP contribution in [0.2, 0.25) is 0 Å². The van der Waals surface area contributed by atoms with Gasteiger partial charge in [-0.15, -0.1) is 0 Å². The van der Waals surface area contributed by atoms with Crippen LogP contribution in [0, 0.1) is 12.7 Å². The molecule has 1 aliphatic heterocycles. The number of fused-ring (bicyclic) bond motifs is 1. The Balaban J connectivity index is 1.57. The number of carbonyl (C=O) groups is 2. The van der Waals surface area contributed by atoms with Crippen LogP contribution in [-0.4, -0.2) is 21.8 Å². The van der Waals surface area contributed by atoms with E-state index >= 15 is 0 Å². The van der Waals surface area contributed by atoms with Crippen molar-refractivity contribution >= 4 is 35.1 Å². The normalized spacial score (nSPS) is 15.2. The van der Waals surface area contributed by atoms with Gasteiger partial charge in [0.25, 0.3) is 5.56 Å². The molecular formula is C22H19FN4O3S. The number of hydrogen-bond acceptors (Lipinski definition) is 5. The molecule has 2 amide bonds. The van der Waals surface area contributed by atoms with Gasteiger partial charge in [0.15, 0.2) is 5.16 Å². The van der Waals surface area contributed by atoms with Crippen molar-refractivity contribution in [3.05, 3.63) is 81.4 Å². The zero-order valence-electron chi connectivity index (χ0n) is 16.6. The first-order valence-electron chi connectivity index (χ1n) is 9.58. The van der Waals surface area contributed by atoms with Crippen LogP contribution < -0.4 is 16.2 Å². The monoisotopic (exact) mass is 438 g/mol. The third-order valence-corrected chi connectivity index (χ3v) is 5.76. The first kappa shape index (κ1) is 20.8. The Hall–Kier alpha value is -3.46. The van der Waals surface area contributed by atoms with E-state index in [9.17, 15) is 18.8 Å². The lowest BCUT2D eigenvalue weighted by Crippen LogP contribution is -2.36. The van der Waals surface area contributed by atoms with Crippen molar-refractivity contribution in [2.24, 2.45) is 0 Å². The van der Waals surface area contributed by atoms with Crippen LogP contribution in [-0.2, 0) is 15.3 Å². The van der Waals surface area contributed by atoms with Crippen molar-refractivity contribution in [1.82, 2.24) is 9.97 Å². The topological polar surface area (TPSA) is 104 Å². The summed E-state index contributed by atoms with van der Waals surface area (Å²) in [6.07, 6.45) is -0.141. The second-order valence-corrected chi connectivity index (χ2v) is 8.18. The van der Waals surface area contributed by atoms with Crippen LogP contribution in [0.3, 0.4) is 0 Å². The van der Waals surface area contributed by atoms with Crippen LogP contribution >= 0.6 is 11.8 Å². The van der Waals surface area contributed by atoms with Crippen molar-refractivity contribution in [1.29, 1.82) is 0 Å². The maximum Gasteiger partial charge on any atom is 0.257 e. The zero-order chi connectivity index (χ0) is 22.0. The Labute approximate surface area is 181 Å². The van der Waals surface area contributed by atoms with Gasteiger partial charge >= 0.3 is 0 Å². The molecule has 2 aromatic carbocycles. The molecule has 4 rings (SSSR count). The van der Waals surface area contributed by atoms with E-state index in [0.717, 1.165) is 11.1 Å². The quantitative estimate of drug-likeness (QED) is 0.417. The van der Waals surface area contributed by atoms with E-state index in [1.165, 1.54) is 23.9 Å². The van der Waals surface area contributed by atoms with Crippen molar-refractivity contribution in [3.63, 3.8) is 0 Å². The minimum absolute atomic E-state index is 0.0889. The largest absolute Gasteiger partial charge is 0.326 e. The summed E-state index contributed by atoms with van der Waals surface area (Å²) in [5, 5.41) is 5.66. The van der Waals surface area contributed by atoms with E-state index in [1.54, 1.807) is 24.3 Å². The number of H-pyrrole nitrogens is 1. The van der Waals surface area contributed by atoms with Gasteiger partial charge in [0.05, 0.1) is 11.5 Å². The summed E-state index contributed by atoms with van der Waals surface area (Å²) in [6, 6.07) is 13.3. The summed E-state index contributed by atoms with van der Waals surface area (Å²) in [7, 11) is 0. The van der Waals surface area contributed by atoms with E-state index in [-0.39, 0.29) is 29.5 Å². The van der Waals surface area contributed by atoms with Crippen LogP contribution in [0.5, 0.6) is 0 Å². The highest BCUT2D eigenvalue weighted by atomic mass is 32.2. The molecule has 0 unspecified atom stereocenters. The molecule has 0 fully saturated rings. The number of anilines is 2. The minimum Gasteiger partial charge on any atom is -0.326 e. The van der Waals surface area contributed by atoms with Gasteiger partial charge in [-0.3, -0.25) is 14.4 Å². The number of halogens is 1. The molecule has 3 aromatic rings. The number of benzene rings is 2. The Bertz CT molecular complexity index is 1210. The summed E-state index contributed by atoms with van der Waals surface area (Å²) in [4.78, 5) is 44.8. The second-order valence-electron chi connectivity index (χ2n) is 7.21. The van der Waals surface area contributed by atoms with Gasteiger partial charge in [0, 0.05) is 17.9 Å². The van der Waals surface area contributed by atoms with Gasteiger partial charge in [-0.05, 0) is 42.3 Å². The molecule has 0 saturated carbocycles. The SMILES string of the molecule is Cc1cccc(NC(=O)[C@H]2CC(=O)Nc3nc(SCc4ccc(F)cc4)[nH]c(=O)c32)c1. The first-order chi connectivity index (χ1) is 14.9. The number of aromatic amines is 1. The maximum absolute atomic E-state index is 13.0. The van der Waals surface area contributed by atoms with Crippen LogP contribution in [0.4, 0.5) is 15.9 Å². The molecule has 7 nitrogen and oxygen atoms in total. The van der Waals surface area contributed by atoms with E-state index in [2.05, 4.69) is 20.6 Å². The van der Waals surface area contributed by atoms with Crippen molar-refractivity contribution in [3.8, 4) is 0 Å². The molecule has 3 N–H and O–H groups in total. The third kappa shape index (κ3) is 4.83. The predicted octanol–water partition coefficient (Wildman–Crippen LogP) is 3.57. The third-order valence-electron chi connectivity index (χ3n) is 4.82. The summed E-state index contributed by atoms with van der Waals surface area (Å²) < 4.78 is 13.0. The number of hydrogen-bond donors (Lipinski definition) is 3. The zero-order valence-corrected chi connectivity index (χ0v) is 17.4. The van der Waals surface area contributed by atoms with Crippen molar-refractivity contribution in [2.75, 3.05) is 10.6 Å². The molecule has 31 heavy (non-hydrogen) atoms. The lowest BCUT2D eigenvalue weighted by atomic mass is 9.92. The second kappa shape index (κ2) is 8.73. The number of nitrogens with one attached hydrogen (secondary N) is 3. The summed E-state index contributed by atoms with van der Waals surface area (Å²) in [5.74, 6) is -1.56. The van der Waals surface area contributed by atoms with Gasteiger partial charge in [-0.2, -0.15) is 0 Å². The van der Waals surface area contributed by atoms with Crippen molar-refractivity contribution < 1.29 is 14.0 Å². The molecule has 9 heteroatoms. The molecule has 0 bridgehead atoms. The first-order valence-corrected chi connectivity index (χ1v) is 10.6. The summed E-state index contributed by atoms with van der Waals surface area (Å²) in [6.45, 7) is 1.90. The Morgan fingerprint density at radius 2 is 2.00 bits per heavy atom. The molecule has 0 spiro atoms. The van der Waals surface area contributed by atoms with Gasteiger partial charge in [0.1, 0.15) is 11.6 Å². The number of carbonyl (C=O) groups excluding carboxylic acids is 2. The number of nitrogens with zero attached hydrogens (tertiary/aromatic N) is 1.